The van der Waals surface area contributed by atoms with Crippen LogP contribution in [-0.4, -0.2) is 12.7 Å². The van der Waals surface area contributed by atoms with Crippen molar-refractivity contribution in [3.05, 3.63) is 47.5 Å². The zero-order valence-corrected chi connectivity index (χ0v) is 13.4. The maximum absolute atomic E-state index is 11.1. The van der Waals surface area contributed by atoms with Crippen molar-refractivity contribution in [2.75, 3.05) is 0 Å². The van der Waals surface area contributed by atoms with E-state index in [2.05, 4.69) is 19.6 Å². The Labute approximate surface area is 128 Å². The molecule has 0 aliphatic carbocycles. The lowest BCUT2D eigenvalue weighted by Crippen LogP contribution is -2.02. The molecule has 0 heterocycles. The maximum atomic E-state index is 11.1. The Bertz CT molecular complexity index is 580. The van der Waals surface area contributed by atoms with E-state index in [4.69, 9.17) is 11.6 Å². The van der Waals surface area contributed by atoms with Gasteiger partial charge in [0.25, 0.3) is 0 Å². The van der Waals surface area contributed by atoms with E-state index in [1.54, 1.807) is 0 Å². The minimum Gasteiger partial charge on any atom is -0.183 e. The van der Waals surface area contributed by atoms with E-state index in [1.807, 2.05) is 18.2 Å². The standard InChI is InChI=1S/C16H21ClO2S/c1-3-5-7-9-14-12-13(8-6-4-2)10-11-15(14)16(17)20(18)19/h4,10-12H,2-3,5-9H2,1H3. The van der Waals surface area contributed by atoms with E-state index >= 15 is 0 Å². The average molecular weight is 313 g/mol. The molecule has 0 saturated carbocycles. The van der Waals surface area contributed by atoms with Gasteiger partial charge in [-0.15, -0.1) is 6.58 Å². The molecular weight excluding hydrogens is 292 g/mol. The van der Waals surface area contributed by atoms with Crippen LogP contribution in [0.4, 0.5) is 0 Å². The highest BCUT2D eigenvalue weighted by Crippen LogP contribution is 2.19. The van der Waals surface area contributed by atoms with Gasteiger partial charge >= 0.3 is 0 Å². The van der Waals surface area contributed by atoms with Crippen LogP contribution in [0.1, 0.15) is 49.3 Å². The summed E-state index contributed by atoms with van der Waals surface area (Å²) in [5, 5.41) is 0. The molecule has 0 N–H and O–H groups in total. The molecule has 0 fully saturated rings. The first kappa shape index (κ1) is 17.0. The largest absolute Gasteiger partial charge is 0.233 e. The van der Waals surface area contributed by atoms with Crippen molar-refractivity contribution < 1.29 is 8.42 Å². The summed E-state index contributed by atoms with van der Waals surface area (Å²) in [6, 6.07) is 5.83. The van der Waals surface area contributed by atoms with Crippen LogP contribution in [0.3, 0.4) is 0 Å². The molecule has 2 nitrogen and oxygen atoms in total. The summed E-state index contributed by atoms with van der Waals surface area (Å²) in [5.74, 6) is 0. The lowest BCUT2D eigenvalue weighted by atomic mass is 9.98. The summed E-state index contributed by atoms with van der Waals surface area (Å²) in [7, 11) is -2.37. The number of aryl methyl sites for hydroxylation is 2. The summed E-state index contributed by atoms with van der Waals surface area (Å²) < 4.78 is 22.0. The molecule has 1 rings (SSSR count). The molecule has 0 aliphatic rings. The van der Waals surface area contributed by atoms with Gasteiger partial charge in [-0.05, 0) is 36.8 Å². The molecule has 0 bridgehead atoms. The number of rotatable bonds is 8. The first-order valence-electron chi connectivity index (χ1n) is 6.95. The Morgan fingerprint density at radius 1 is 1.30 bits per heavy atom. The molecule has 20 heavy (non-hydrogen) atoms. The van der Waals surface area contributed by atoms with Gasteiger partial charge in [-0.25, -0.2) is 0 Å². The van der Waals surface area contributed by atoms with Crippen LogP contribution in [0, 0.1) is 0 Å². The summed E-state index contributed by atoms with van der Waals surface area (Å²) in [6.45, 7) is 5.87. The Hall–Kier alpha value is -1.06. The van der Waals surface area contributed by atoms with Gasteiger partial charge in [0.1, 0.15) is 0 Å². The van der Waals surface area contributed by atoms with Gasteiger partial charge in [0.15, 0.2) is 4.32 Å². The molecule has 1 aromatic rings. The number of hydrogen-bond acceptors (Lipinski definition) is 2. The SMILES string of the molecule is C=CCCc1ccc(C(Cl)=S(=O)=O)c(CCCCC)c1. The number of hydrogen-bond donors (Lipinski definition) is 0. The Balaban J connectivity index is 3.09. The third kappa shape index (κ3) is 5.14. The highest BCUT2D eigenvalue weighted by Gasteiger charge is 2.09. The molecule has 4 heteroatoms. The predicted octanol–water partition coefficient (Wildman–Crippen LogP) is 4.13. The number of benzene rings is 1. The second-order valence-electron chi connectivity index (χ2n) is 4.78. The van der Waals surface area contributed by atoms with Crippen molar-refractivity contribution in [1.29, 1.82) is 0 Å². The minimum absolute atomic E-state index is 0.0910. The van der Waals surface area contributed by atoms with E-state index in [-0.39, 0.29) is 4.32 Å². The van der Waals surface area contributed by atoms with Crippen molar-refractivity contribution in [2.45, 2.75) is 45.4 Å². The van der Waals surface area contributed by atoms with Crippen molar-refractivity contribution in [3.8, 4) is 0 Å². The summed E-state index contributed by atoms with van der Waals surface area (Å²) in [6.07, 6.45) is 7.89. The van der Waals surface area contributed by atoms with Crippen LogP contribution in [0.5, 0.6) is 0 Å². The van der Waals surface area contributed by atoms with Gasteiger partial charge in [0.2, 0.25) is 10.3 Å². The Morgan fingerprint density at radius 3 is 2.65 bits per heavy atom. The zero-order chi connectivity index (χ0) is 15.0. The Morgan fingerprint density at radius 2 is 2.05 bits per heavy atom. The van der Waals surface area contributed by atoms with Crippen LogP contribution in [-0.2, 0) is 23.1 Å². The first-order chi connectivity index (χ1) is 9.60. The third-order valence-electron chi connectivity index (χ3n) is 3.21. The topological polar surface area (TPSA) is 34.1 Å². The van der Waals surface area contributed by atoms with Crippen LogP contribution < -0.4 is 0 Å². The van der Waals surface area contributed by atoms with Gasteiger partial charge in [0, 0.05) is 5.56 Å². The summed E-state index contributed by atoms with van der Waals surface area (Å²) >= 11 is 5.90. The van der Waals surface area contributed by atoms with Crippen molar-refractivity contribution >= 4 is 26.2 Å². The zero-order valence-electron chi connectivity index (χ0n) is 11.9. The summed E-state index contributed by atoms with van der Waals surface area (Å²) in [5.41, 5.74) is 2.86. The van der Waals surface area contributed by atoms with Crippen LogP contribution >= 0.6 is 11.6 Å². The van der Waals surface area contributed by atoms with Crippen molar-refractivity contribution in [3.63, 3.8) is 0 Å². The van der Waals surface area contributed by atoms with E-state index in [0.717, 1.165) is 44.1 Å². The van der Waals surface area contributed by atoms with E-state index in [1.165, 1.54) is 5.56 Å². The molecule has 0 saturated heterocycles. The van der Waals surface area contributed by atoms with E-state index in [0.29, 0.717) is 5.56 Å². The lowest BCUT2D eigenvalue weighted by Gasteiger charge is -2.09. The highest BCUT2D eigenvalue weighted by molar-refractivity contribution is 7.76. The quantitative estimate of drug-likeness (QED) is 0.313. The maximum Gasteiger partial charge on any atom is 0.233 e. The second-order valence-corrected chi connectivity index (χ2v) is 6.26. The third-order valence-corrected chi connectivity index (χ3v) is 4.31. The lowest BCUT2D eigenvalue weighted by molar-refractivity contribution is 0.627. The number of allylic oxidation sites excluding steroid dienone is 1. The fourth-order valence-electron chi connectivity index (χ4n) is 2.13. The predicted molar refractivity (Wildman–Crippen MR) is 87.1 cm³/mol. The first-order valence-corrected chi connectivity index (χ1v) is 8.40. The van der Waals surface area contributed by atoms with Gasteiger partial charge in [-0.2, -0.15) is 8.42 Å². The van der Waals surface area contributed by atoms with E-state index < -0.39 is 10.3 Å². The second kappa shape index (κ2) is 8.98. The monoisotopic (exact) mass is 312 g/mol. The van der Waals surface area contributed by atoms with Crippen molar-refractivity contribution in [2.24, 2.45) is 0 Å². The highest BCUT2D eigenvalue weighted by atomic mass is 35.5. The fraction of sp³-hybridized carbons (Fsp3) is 0.438. The van der Waals surface area contributed by atoms with Crippen LogP contribution in [0.15, 0.2) is 30.9 Å². The average Bonchev–Trinajstić information content (AvgIpc) is 2.44. The number of unbranched alkanes of at least 4 members (excludes halogenated alkanes) is 2. The molecule has 0 atom stereocenters. The van der Waals surface area contributed by atoms with Crippen molar-refractivity contribution in [1.82, 2.24) is 0 Å². The molecule has 0 amide bonds. The molecule has 0 spiro atoms. The fourth-order valence-corrected chi connectivity index (χ4v) is 2.69. The van der Waals surface area contributed by atoms with Gasteiger partial charge in [-0.1, -0.05) is 55.6 Å². The molecule has 1 aromatic carbocycles. The van der Waals surface area contributed by atoms with Gasteiger partial charge < -0.3 is 0 Å². The Kier molecular flexibility index (Phi) is 7.63. The molecule has 0 radical (unpaired) electrons. The molecular formula is C16H21ClO2S. The van der Waals surface area contributed by atoms with Crippen LogP contribution in [0.2, 0.25) is 0 Å². The molecule has 110 valence electrons. The van der Waals surface area contributed by atoms with Gasteiger partial charge in [0.05, 0.1) is 0 Å². The molecule has 0 aliphatic heterocycles. The smallest absolute Gasteiger partial charge is 0.183 e. The minimum atomic E-state index is -2.37. The summed E-state index contributed by atoms with van der Waals surface area (Å²) in [4.78, 5) is 0. The normalized spacial score (nSPS) is 10.3. The van der Waals surface area contributed by atoms with E-state index in [9.17, 15) is 8.42 Å². The number of halogens is 1. The van der Waals surface area contributed by atoms with Gasteiger partial charge in [-0.3, -0.25) is 0 Å². The molecule has 0 aromatic heterocycles. The van der Waals surface area contributed by atoms with Crippen LogP contribution in [0.25, 0.3) is 0 Å². The molecule has 0 unspecified atom stereocenters.